The molecule has 1 amide bonds. The second-order valence-corrected chi connectivity index (χ2v) is 5.95. The number of likely N-dealkylation sites (N-methyl/N-ethyl adjacent to an activating group) is 1. The van der Waals surface area contributed by atoms with Crippen molar-refractivity contribution in [2.45, 2.75) is 44.4 Å². The van der Waals surface area contributed by atoms with Gasteiger partial charge < -0.3 is 5.32 Å². The zero-order chi connectivity index (χ0) is 13.9. The first-order chi connectivity index (χ1) is 9.10. The fraction of sp³-hybridized carbons (Fsp3) is 0.533. The zero-order valence-corrected chi connectivity index (χ0v) is 12.7. The largest absolute Gasteiger partial charge is 0.356 e. The van der Waals surface area contributed by atoms with E-state index >= 15 is 0 Å². The number of rotatable bonds is 3. The first kappa shape index (κ1) is 14.7. The second kappa shape index (κ2) is 6.15. The summed E-state index contributed by atoms with van der Waals surface area (Å²) in [5.74, 6) is 0.119. The third kappa shape index (κ3) is 2.90. The third-order valence-electron chi connectivity index (χ3n) is 3.95. The predicted octanol–water partition coefficient (Wildman–Crippen LogP) is 4.33. The van der Waals surface area contributed by atoms with Crippen LogP contribution in [0, 0.1) is 0 Å². The number of amides is 1. The molecule has 1 aromatic rings. The van der Waals surface area contributed by atoms with Crippen LogP contribution in [0.25, 0.3) is 0 Å². The van der Waals surface area contributed by atoms with Crippen LogP contribution in [0.4, 0.5) is 0 Å². The van der Waals surface area contributed by atoms with Gasteiger partial charge in [-0.2, -0.15) is 0 Å². The van der Waals surface area contributed by atoms with Crippen molar-refractivity contribution in [2.75, 3.05) is 6.54 Å². The Morgan fingerprint density at radius 2 is 1.89 bits per heavy atom. The summed E-state index contributed by atoms with van der Waals surface area (Å²) in [6, 6.07) is 5.58. The summed E-state index contributed by atoms with van der Waals surface area (Å²) in [6.45, 7) is 2.60. The van der Waals surface area contributed by atoms with E-state index in [4.69, 9.17) is 23.2 Å². The highest BCUT2D eigenvalue weighted by molar-refractivity contribution is 6.42. The number of carbonyl (C=O) groups excluding carboxylic acids is 1. The second-order valence-electron chi connectivity index (χ2n) is 5.13. The SMILES string of the molecule is CCNC(=O)C1(c2ccc(Cl)c(Cl)c2)CCCCC1. The van der Waals surface area contributed by atoms with E-state index in [2.05, 4.69) is 5.32 Å². The minimum Gasteiger partial charge on any atom is -0.356 e. The minimum absolute atomic E-state index is 0.119. The molecule has 0 saturated heterocycles. The van der Waals surface area contributed by atoms with Gasteiger partial charge in [0.05, 0.1) is 15.5 Å². The first-order valence-corrected chi connectivity index (χ1v) is 7.59. The summed E-state index contributed by atoms with van der Waals surface area (Å²) in [5, 5.41) is 4.03. The molecule has 2 rings (SSSR count). The van der Waals surface area contributed by atoms with Crippen molar-refractivity contribution in [1.82, 2.24) is 5.32 Å². The lowest BCUT2D eigenvalue weighted by Crippen LogP contribution is -2.45. The molecule has 0 bridgehead atoms. The van der Waals surface area contributed by atoms with Crippen LogP contribution in [0.3, 0.4) is 0 Å². The molecule has 0 unspecified atom stereocenters. The van der Waals surface area contributed by atoms with Crippen molar-refractivity contribution in [3.05, 3.63) is 33.8 Å². The number of hydrogen-bond acceptors (Lipinski definition) is 1. The zero-order valence-electron chi connectivity index (χ0n) is 11.1. The van der Waals surface area contributed by atoms with Gasteiger partial charge in [0.25, 0.3) is 0 Å². The van der Waals surface area contributed by atoms with E-state index in [9.17, 15) is 4.79 Å². The number of hydrogen-bond donors (Lipinski definition) is 1. The molecule has 1 fully saturated rings. The van der Waals surface area contributed by atoms with Crippen molar-refractivity contribution < 1.29 is 4.79 Å². The smallest absolute Gasteiger partial charge is 0.230 e. The van der Waals surface area contributed by atoms with Crippen LogP contribution in [-0.2, 0) is 10.2 Å². The summed E-state index contributed by atoms with van der Waals surface area (Å²) in [7, 11) is 0. The van der Waals surface area contributed by atoms with Crippen molar-refractivity contribution in [1.29, 1.82) is 0 Å². The molecule has 0 atom stereocenters. The van der Waals surface area contributed by atoms with Crippen LogP contribution < -0.4 is 5.32 Å². The van der Waals surface area contributed by atoms with Crippen molar-refractivity contribution >= 4 is 29.1 Å². The van der Waals surface area contributed by atoms with Gasteiger partial charge in [-0.3, -0.25) is 4.79 Å². The van der Waals surface area contributed by atoms with Crippen LogP contribution in [0.1, 0.15) is 44.6 Å². The van der Waals surface area contributed by atoms with E-state index in [-0.39, 0.29) is 5.91 Å². The molecule has 1 saturated carbocycles. The van der Waals surface area contributed by atoms with Gasteiger partial charge in [-0.25, -0.2) is 0 Å². The van der Waals surface area contributed by atoms with Crippen molar-refractivity contribution in [3.63, 3.8) is 0 Å². The van der Waals surface area contributed by atoms with E-state index < -0.39 is 5.41 Å². The lowest BCUT2D eigenvalue weighted by Gasteiger charge is -2.36. The standard InChI is InChI=1S/C15H19Cl2NO/c1-2-18-14(19)15(8-4-3-5-9-15)11-6-7-12(16)13(17)10-11/h6-7,10H,2-5,8-9H2,1H3,(H,18,19). The van der Waals surface area contributed by atoms with Crippen molar-refractivity contribution in [2.24, 2.45) is 0 Å². The summed E-state index contributed by atoms with van der Waals surface area (Å²) in [6.07, 6.45) is 5.13. The van der Waals surface area contributed by atoms with E-state index in [1.807, 2.05) is 19.1 Å². The molecule has 1 aliphatic carbocycles. The van der Waals surface area contributed by atoms with Gasteiger partial charge in [-0.05, 0) is 37.5 Å². The van der Waals surface area contributed by atoms with Gasteiger partial charge >= 0.3 is 0 Å². The lowest BCUT2D eigenvalue weighted by atomic mass is 9.68. The average Bonchev–Trinajstić information content (AvgIpc) is 2.43. The third-order valence-corrected chi connectivity index (χ3v) is 4.69. The monoisotopic (exact) mass is 299 g/mol. The molecule has 1 aliphatic rings. The molecule has 19 heavy (non-hydrogen) atoms. The molecule has 104 valence electrons. The van der Waals surface area contributed by atoms with Crippen LogP contribution in [0.15, 0.2) is 18.2 Å². The van der Waals surface area contributed by atoms with Gasteiger partial charge in [0, 0.05) is 6.54 Å². The maximum Gasteiger partial charge on any atom is 0.230 e. The van der Waals surface area contributed by atoms with Crippen LogP contribution >= 0.6 is 23.2 Å². The Labute approximate surface area is 124 Å². The Morgan fingerprint density at radius 1 is 1.21 bits per heavy atom. The highest BCUT2D eigenvalue weighted by Crippen LogP contribution is 2.41. The van der Waals surface area contributed by atoms with Crippen LogP contribution in [0.5, 0.6) is 0 Å². The van der Waals surface area contributed by atoms with Crippen LogP contribution in [0.2, 0.25) is 10.0 Å². The topological polar surface area (TPSA) is 29.1 Å². The van der Waals surface area contributed by atoms with Gasteiger partial charge in [0.2, 0.25) is 5.91 Å². The van der Waals surface area contributed by atoms with Crippen LogP contribution in [-0.4, -0.2) is 12.5 Å². The van der Waals surface area contributed by atoms with E-state index in [0.29, 0.717) is 16.6 Å². The van der Waals surface area contributed by atoms with Gasteiger partial charge in [-0.1, -0.05) is 48.5 Å². The Bertz CT molecular complexity index is 467. The highest BCUT2D eigenvalue weighted by Gasteiger charge is 2.40. The van der Waals surface area contributed by atoms with Gasteiger partial charge in [0.15, 0.2) is 0 Å². The highest BCUT2D eigenvalue weighted by atomic mass is 35.5. The Morgan fingerprint density at radius 3 is 2.47 bits per heavy atom. The maximum atomic E-state index is 12.5. The van der Waals surface area contributed by atoms with E-state index in [1.54, 1.807) is 6.07 Å². The number of nitrogens with one attached hydrogen (secondary N) is 1. The molecule has 0 radical (unpaired) electrons. The predicted molar refractivity (Wildman–Crippen MR) is 79.9 cm³/mol. The number of carbonyl (C=O) groups is 1. The fourth-order valence-corrected chi connectivity index (χ4v) is 3.22. The lowest BCUT2D eigenvalue weighted by molar-refractivity contribution is -0.127. The average molecular weight is 300 g/mol. The summed E-state index contributed by atoms with van der Waals surface area (Å²) in [5.41, 5.74) is 0.565. The molecule has 0 aliphatic heterocycles. The normalized spacial score (nSPS) is 18.1. The summed E-state index contributed by atoms with van der Waals surface area (Å²) < 4.78 is 0. The molecular weight excluding hydrogens is 281 g/mol. The minimum atomic E-state index is -0.428. The van der Waals surface area contributed by atoms with E-state index in [1.165, 1.54) is 6.42 Å². The van der Waals surface area contributed by atoms with Gasteiger partial charge in [-0.15, -0.1) is 0 Å². The fourth-order valence-electron chi connectivity index (χ4n) is 2.93. The Kier molecular flexibility index (Phi) is 4.75. The molecule has 2 nitrogen and oxygen atoms in total. The van der Waals surface area contributed by atoms with Gasteiger partial charge in [0.1, 0.15) is 0 Å². The Balaban J connectivity index is 2.41. The Hall–Kier alpha value is -0.730. The first-order valence-electron chi connectivity index (χ1n) is 6.84. The van der Waals surface area contributed by atoms with Crippen molar-refractivity contribution in [3.8, 4) is 0 Å². The number of benzene rings is 1. The molecule has 1 N–H and O–H groups in total. The number of halogens is 2. The van der Waals surface area contributed by atoms with E-state index in [0.717, 1.165) is 31.2 Å². The maximum absolute atomic E-state index is 12.5. The quantitative estimate of drug-likeness (QED) is 0.884. The molecule has 1 aromatic carbocycles. The molecule has 0 spiro atoms. The molecule has 0 heterocycles. The summed E-state index contributed by atoms with van der Waals surface area (Å²) >= 11 is 12.1. The molecule has 4 heteroatoms. The summed E-state index contributed by atoms with van der Waals surface area (Å²) in [4.78, 5) is 12.5. The molecular formula is C15H19Cl2NO. The molecule has 0 aromatic heterocycles.